The van der Waals surface area contributed by atoms with Crippen molar-refractivity contribution >= 4 is 21.9 Å². The first-order valence-corrected chi connectivity index (χ1v) is 19.0. The highest BCUT2D eigenvalue weighted by Crippen LogP contribution is 2.54. The lowest BCUT2D eigenvalue weighted by Gasteiger charge is -2.21. The number of aromatic nitrogens is 3. The summed E-state index contributed by atoms with van der Waals surface area (Å²) in [4.78, 5) is 15.5. The van der Waals surface area contributed by atoms with Gasteiger partial charge in [0.1, 0.15) is 11.2 Å². The minimum absolute atomic E-state index is 0.0862. The van der Waals surface area contributed by atoms with Crippen LogP contribution >= 0.6 is 0 Å². The average Bonchev–Trinajstić information content (AvgIpc) is 3.81. The molecule has 0 atom stereocenters. The van der Waals surface area contributed by atoms with Crippen molar-refractivity contribution < 1.29 is 4.42 Å². The largest absolute Gasteiger partial charge is 0.455 e. The zero-order valence-corrected chi connectivity index (χ0v) is 31.2. The van der Waals surface area contributed by atoms with Gasteiger partial charge in [0.2, 0.25) is 0 Å². The van der Waals surface area contributed by atoms with Gasteiger partial charge in [-0.1, -0.05) is 167 Å². The van der Waals surface area contributed by atoms with E-state index in [-0.39, 0.29) is 10.8 Å². The van der Waals surface area contributed by atoms with Gasteiger partial charge in [-0.15, -0.1) is 0 Å². The maximum atomic E-state index is 6.79. The quantitative estimate of drug-likeness (QED) is 0.183. The van der Waals surface area contributed by atoms with Gasteiger partial charge in [0.15, 0.2) is 17.5 Å². The third-order valence-electron chi connectivity index (χ3n) is 12.2. The van der Waals surface area contributed by atoms with Gasteiger partial charge >= 0.3 is 0 Å². The second-order valence-corrected chi connectivity index (χ2v) is 16.0. The van der Waals surface area contributed by atoms with Gasteiger partial charge in [-0.3, -0.25) is 0 Å². The van der Waals surface area contributed by atoms with Crippen molar-refractivity contribution in [2.45, 2.75) is 38.5 Å². The van der Waals surface area contributed by atoms with Crippen molar-refractivity contribution in [2.75, 3.05) is 0 Å². The van der Waals surface area contributed by atoms with E-state index < -0.39 is 0 Å². The molecule has 0 saturated heterocycles. The SMILES string of the molecule is CC1(C)c2ccccc2-c2c(-c3nc(-c4ccccc4)nc(-c4cccc(-c5cccc6c5oc5ccc7c(c56)-c5ccccc5C7(C)C)c4)n3)cccc21. The van der Waals surface area contributed by atoms with E-state index >= 15 is 0 Å². The highest BCUT2D eigenvalue weighted by Gasteiger charge is 2.38. The second kappa shape index (κ2) is 11.4. The Labute approximate surface area is 320 Å². The fraction of sp³-hybridized carbons (Fsp3) is 0.118. The number of nitrogens with zero attached hydrogens (tertiary/aromatic N) is 3. The first kappa shape index (κ1) is 31.8. The molecule has 4 nitrogen and oxygen atoms in total. The van der Waals surface area contributed by atoms with Gasteiger partial charge in [0.25, 0.3) is 0 Å². The highest BCUT2D eigenvalue weighted by atomic mass is 16.3. The normalized spacial score (nSPS) is 14.5. The summed E-state index contributed by atoms with van der Waals surface area (Å²) in [6, 6.07) is 53.7. The Morgan fingerprint density at radius 2 is 0.927 bits per heavy atom. The summed E-state index contributed by atoms with van der Waals surface area (Å²) in [5, 5.41) is 2.30. The molecule has 0 aliphatic heterocycles. The molecule has 0 spiro atoms. The number of rotatable bonds is 4. The molecule has 0 amide bonds. The lowest BCUT2D eigenvalue weighted by atomic mass is 9.82. The zero-order valence-electron chi connectivity index (χ0n) is 31.2. The Morgan fingerprint density at radius 3 is 1.69 bits per heavy atom. The molecule has 7 aromatic carbocycles. The van der Waals surface area contributed by atoms with Gasteiger partial charge in [-0.25, -0.2) is 15.0 Å². The summed E-state index contributed by atoms with van der Waals surface area (Å²) in [5.74, 6) is 1.93. The molecule has 0 saturated carbocycles. The van der Waals surface area contributed by atoms with Crippen LogP contribution in [0, 0.1) is 0 Å². The lowest BCUT2D eigenvalue weighted by molar-refractivity contribution is 0.657. The Morgan fingerprint density at radius 1 is 0.400 bits per heavy atom. The Balaban J connectivity index is 1.09. The zero-order chi connectivity index (χ0) is 37.1. The minimum atomic E-state index is -0.133. The third-order valence-corrected chi connectivity index (χ3v) is 12.2. The van der Waals surface area contributed by atoms with Gasteiger partial charge in [0.05, 0.1) is 0 Å². The molecule has 0 fully saturated rings. The van der Waals surface area contributed by atoms with Crippen molar-refractivity contribution in [3.05, 3.63) is 174 Å². The predicted molar refractivity (Wildman–Crippen MR) is 224 cm³/mol. The van der Waals surface area contributed by atoms with E-state index in [0.717, 1.165) is 44.4 Å². The molecule has 0 N–H and O–H groups in total. The Kier molecular flexibility index (Phi) is 6.61. The van der Waals surface area contributed by atoms with Crippen LogP contribution in [0.1, 0.15) is 49.9 Å². The van der Waals surface area contributed by atoms with Crippen LogP contribution in [-0.4, -0.2) is 15.0 Å². The van der Waals surface area contributed by atoms with E-state index in [0.29, 0.717) is 17.5 Å². The van der Waals surface area contributed by atoms with Crippen LogP contribution in [0.15, 0.2) is 156 Å². The molecule has 9 aromatic rings. The van der Waals surface area contributed by atoms with Crippen LogP contribution in [0.2, 0.25) is 0 Å². The molecule has 2 heterocycles. The smallest absolute Gasteiger partial charge is 0.164 e. The lowest BCUT2D eigenvalue weighted by Crippen LogP contribution is -2.14. The molecule has 11 rings (SSSR count). The molecular formula is C51H37N3O. The average molecular weight is 708 g/mol. The number of fused-ring (bicyclic) bond motifs is 10. The van der Waals surface area contributed by atoms with Crippen LogP contribution in [-0.2, 0) is 10.8 Å². The minimum Gasteiger partial charge on any atom is -0.455 e. The van der Waals surface area contributed by atoms with Crippen LogP contribution in [0.4, 0.5) is 0 Å². The number of hydrogen-bond acceptors (Lipinski definition) is 4. The fourth-order valence-corrected chi connectivity index (χ4v) is 9.42. The maximum absolute atomic E-state index is 6.79. The van der Waals surface area contributed by atoms with Crippen LogP contribution in [0.25, 0.3) is 89.5 Å². The summed E-state index contributed by atoms with van der Waals surface area (Å²) >= 11 is 0. The predicted octanol–water partition coefficient (Wildman–Crippen LogP) is 13.1. The molecule has 0 unspecified atom stereocenters. The second-order valence-electron chi connectivity index (χ2n) is 16.0. The maximum Gasteiger partial charge on any atom is 0.164 e. The molecule has 55 heavy (non-hydrogen) atoms. The van der Waals surface area contributed by atoms with Gasteiger partial charge in [0, 0.05) is 43.9 Å². The van der Waals surface area contributed by atoms with E-state index in [1.54, 1.807) is 0 Å². The highest BCUT2D eigenvalue weighted by molar-refractivity contribution is 6.17. The van der Waals surface area contributed by atoms with Crippen molar-refractivity contribution in [2.24, 2.45) is 0 Å². The summed E-state index contributed by atoms with van der Waals surface area (Å²) < 4.78 is 6.79. The van der Waals surface area contributed by atoms with Crippen molar-refractivity contribution in [3.8, 4) is 67.5 Å². The summed E-state index contributed by atoms with van der Waals surface area (Å²) in [7, 11) is 0. The van der Waals surface area contributed by atoms with E-state index in [9.17, 15) is 0 Å². The molecule has 4 heteroatoms. The van der Waals surface area contributed by atoms with Gasteiger partial charge in [-0.2, -0.15) is 0 Å². The van der Waals surface area contributed by atoms with Gasteiger partial charge < -0.3 is 4.42 Å². The number of hydrogen-bond donors (Lipinski definition) is 0. The van der Waals surface area contributed by atoms with Crippen LogP contribution < -0.4 is 0 Å². The van der Waals surface area contributed by atoms with Crippen molar-refractivity contribution in [1.82, 2.24) is 15.0 Å². The van der Waals surface area contributed by atoms with Gasteiger partial charge in [-0.05, 0) is 62.2 Å². The molecular weight excluding hydrogens is 671 g/mol. The van der Waals surface area contributed by atoms with E-state index in [1.807, 2.05) is 18.2 Å². The summed E-state index contributed by atoms with van der Waals surface area (Å²) in [6.07, 6.45) is 0. The molecule has 0 radical (unpaired) electrons. The molecule has 2 aliphatic carbocycles. The number of para-hydroxylation sites is 1. The van der Waals surface area contributed by atoms with E-state index in [2.05, 4.69) is 161 Å². The summed E-state index contributed by atoms with van der Waals surface area (Å²) in [6.45, 7) is 9.25. The standard InChI is InChI=1S/C51H37N3O/c1-50(2)38-24-10-8-19-34(38)43-37(23-14-26-40(43)50)49-53-47(30-15-6-5-7-16-30)52-48(54-49)32-18-12-17-31(29-32)33-21-13-22-36-45-42(55-46(33)36)28-27-41-44(45)35-20-9-11-25-39(35)51(41,3)4/h5-29H,1-4H3. The van der Waals surface area contributed by atoms with Crippen LogP contribution in [0.5, 0.6) is 0 Å². The molecule has 262 valence electrons. The Bertz CT molecular complexity index is 3040. The van der Waals surface area contributed by atoms with Crippen molar-refractivity contribution in [1.29, 1.82) is 0 Å². The Hall–Kier alpha value is -6.65. The number of furan rings is 1. The van der Waals surface area contributed by atoms with E-state index in [4.69, 9.17) is 19.4 Å². The fourth-order valence-electron chi connectivity index (χ4n) is 9.42. The first-order chi connectivity index (χ1) is 26.8. The van der Waals surface area contributed by atoms with E-state index in [1.165, 1.54) is 49.9 Å². The number of benzene rings is 7. The first-order valence-electron chi connectivity index (χ1n) is 19.0. The molecule has 2 aliphatic rings. The van der Waals surface area contributed by atoms with Crippen molar-refractivity contribution in [3.63, 3.8) is 0 Å². The monoisotopic (exact) mass is 707 g/mol. The third kappa shape index (κ3) is 4.55. The van der Waals surface area contributed by atoms with Crippen LogP contribution in [0.3, 0.4) is 0 Å². The molecule has 2 aromatic heterocycles. The molecule has 0 bridgehead atoms. The topological polar surface area (TPSA) is 51.8 Å². The summed E-state index contributed by atoms with van der Waals surface area (Å²) in [5.41, 5.74) is 16.8.